The SMILES string of the molecule is Cc1c(Cl)cc(Cl)c(N2N=C(NC(=O)c3cccc([N+](=O)[O-])c3)CC2=O)c1C. The number of anilines is 1. The van der Waals surface area contributed by atoms with Gasteiger partial charge in [-0.1, -0.05) is 29.3 Å². The normalized spacial score (nSPS) is 13.5. The largest absolute Gasteiger partial charge is 0.308 e. The third kappa shape index (κ3) is 3.69. The minimum Gasteiger partial charge on any atom is -0.308 e. The number of amidine groups is 1. The van der Waals surface area contributed by atoms with Crippen molar-refractivity contribution < 1.29 is 14.5 Å². The molecule has 0 radical (unpaired) electrons. The van der Waals surface area contributed by atoms with Crippen molar-refractivity contribution in [3.05, 3.63) is 67.2 Å². The second kappa shape index (κ2) is 7.57. The van der Waals surface area contributed by atoms with E-state index in [4.69, 9.17) is 23.2 Å². The lowest BCUT2D eigenvalue weighted by molar-refractivity contribution is -0.384. The molecule has 1 aliphatic rings. The summed E-state index contributed by atoms with van der Waals surface area (Å²) < 4.78 is 0. The molecule has 0 atom stereocenters. The molecule has 0 bridgehead atoms. The zero-order valence-corrected chi connectivity index (χ0v) is 16.3. The van der Waals surface area contributed by atoms with Crippen LogP contribution < -0.4 is 10.3 Å². The van der Waals surface area contributed by atoms with Gasteiger partial charge >= 0.3 is 0 Å². The minimum atomic E-state index is -0.604. The minimum absolute atomic E-state index is 0.0827. The number of amides is 2. The molecule has 1 aliphatic heterocycles. The maximum atomic E-state index is 12.4. The highest BCUT2D eigenvalue weighted by Crippen LogP contribution is 2.37. The van der Waals surface area contributed by atoms with Crippen LogP contribution in [0.25, 0.3) is 0 Å². The first-order valence-electron chi connectivity index (χ1n) is 8.10. The first kappa shape index (κ1) is 19.8. The summed E-state index contributed by atoms with van der Waals surface area (Å²) in [6, 6.07) is 6.79. The van der Waals surface area contributed by atoms with E-state index in [-0.39, 0.29) is 34.4 Å². The van der Waals surface area contributed by atoms with Gasteiger partial charge in [0.1, 0.15) is 5.84 Å². The van der Waals surface area contributed by atoms with Crippen molar-refractivity contribution in [2.45, 2.75) is 20.3 Å². The summed E-state index contributed by atoms with van der Waals surface area (Å²) in [5, 5.41) is 19.4. The lowest BCUT2D eigenvalue weighted by Gasteiger charge is -2.18. The first-order chi connectivity index (χ1) is 13.2. The Balaban J connectivity index is 1.87. The average Bonchev–Trinajstić information content (AvgIpc) is 2.99. The van der Waals surface area contributed by atoms with Gasteiger partial charge in [-0.3, -0.25) is 19.7 Å². The molecule has 8 nitrogen and oxygen atoms in total. The number of nitrogens with one attached hydrogen (secondary N) is 1. The van der Waals surface area contributed by atoms with Crippen LogP contribution in [0.2, 0.25) is 10.0 Å². The maximum absolute atomic E-state index is 12.4. The second-order valence-corrected chi connectivity index (χ2v) is 6.94. The highest BCUT2D eigenvalue weighted by atomic mass is 35.5. The van der Waals surface area contributed by atoms with Crippen LogP contribution in [0.4, 0.5) is 11.4 Å². The van der Waals surface area contributed by atoms with Gasteiger partial charge in [0.25, 0.3) is 17.5 Å². The molecular weight excluding hydrogens is 407 g/mol. The summed E-state index contributed by atoms with van der Waals surface area (Å²) in [4.78, 5) is 35.1. The molecule has 3 rings (SSSR count). The Morgan fingerprint density at radius 3 is 2.61 bits per heavy atom. The molecule has 1 heterocycles. The van der Waals surface area contributed by atoms with E-state index in [2.05, 4.69) is 10.4 Å². The molecule has 2 amide bonds. The van der Waals surface area contributed by atoms with Crippen molar-refractivity contribution in [3.63, 3.8) is 0 Å². The van der Waals surface area contributed by atoms with Crippen molar-refractivity contribution in [1.29, 1.82) is 0 Å². The van der Waals surface area contributed by atoms with Crippen LogP contribution in [0.5, 0.6) is 0 Å². The molecule has 2 aromatic rings. The zero-order valence-electron chi connectivity index (χ0n) is 14.8. The molecule has 144 valence electrons. The molecule has 0 fully saturated rings. The summed E-state index contributed by atoms with van der Waals surface area (Å²) in [5.74, 6) is -0.863. The molecule has 0 saturated carbocycles. The lowest BCUT2D eigenvalue weighted by Crippen LogP contribution is -2.29. The van der Waals surface area contributed by atoms with E-state index < -0.39 is 10.8 Å². The number of nitro groups is 1. The molecule has 0 aliphatic carbocycles. The molecule has 2 aromatic carbocycles. The van der Waals surface area contributed by atoms with E-state index in [0.717, 1.165) is 16.6 Å². The summed E-state index contributed by atoms with van der Waals surface area (Å²) >= 11 is 12.4. The average molecular weight is 421 g/mol. The molecular formula is C18H14Cl2N4O4. The molecule has 0 saturated heterocycles. The van der Waals surface area contributed by atoms with Crippen molar-refractivity contribution in [2.75, 3.05) is 5.01 Å². The van der Waals surface area contributed by atoms with Gasteiger partial charge in [0, 0.05) is 22.7 Å². The van der Waals surface area contributed by atoms with Gasteiger partial charge in [-0.2, -0.15) is 10.1 Å². The summed E-state index contributed by atoms with van der Waals surface area (Å²) in [6.45, 7) is 3.57. The van der Waals surface area contributed by atoms with Gasteiger partial charge in [-0.25, -0.2) is 0 Å². The fourth-order valence-electron chi connectivity index (χ4n) is 2.72. The Bertz CT molecular complexity index is 1050. The Kier molecular flexibility index (Phi) is 5.35. The zero-order chi connectivity index (χ0) is 20.6. The number of hydrogen-bond donors (Lipinski definition) is 1. The monoisotopic (exact) mass is 420 g/mol. The van der Waals surface area contributed by atoms with E-state index in [1.807, 2.05) is 0 Å². The maximum Gasteiger partial charge on any atom is 0.270 e. The van der Waals surface area contributed by atoms with Crippen LogP contribution in [-0.2, 0) is 4.79 Å². The van der Waals surface area contributed by atoms with E-state index in [9.17, 15) is 19.7 Å². The highest BCUT2D eigenvalue weighted by Gasteiger charge is 2.30. The molecule has 0 spiro atoms. The third-order valence-electron chi connectivity index (χ3n) is 4.32. The van der Waals surface area contributed by atoms with Gasteiger partial charge in [-0.05, 0) is 37.1 Å². The van der Waals surface area contributed by atoms with Gasteiger partial charge in [0.2, 0.25) is 0 Å². The Morgan fingerprint density at radius 1 is 1.21 bits per heavy atom. The van der Waals surface area contributed by atoms with Gasteiger partial charge < -0.3 is 5.32 Å². The number of nitro benzene ring substituents is 1. The quantitative estimate of drug-likeness (QED) is 0.598. The number of benzene rings is 2. The predicted octanol–water partition coefficient (Wildman–Crippen LogP) is 4.00. The third-order valence-corrected chi connectivity index (χ3v) is 5.00. The number of rotatable bonds is 3. The summed E-state index contributed by atoms with van der Waals surface area (Å²) in [5.41, 5.74) is 1.73. The number of carbonyl (C=O) groups is 2. The second-order valence-electron chi connectivity index (χ2n) is 6.13. The predicted molar refractivity (Wildman–Crippen MR) is 106 cm³/mol. The van der Waals surface area contributed by atoms with Crippen molar-refractivity contribution in [1.82, 2.24) is 5.32 Å². The molecule has 0 aromatic heterocycles. The van der Waals surface area contributed by atoms with Gasteiger partial charge in [-0.15, -0.1) is 0 Å². The topological polar surface area (TPSA) is 105 Å². The fraction of sp³-hybridized carbons (Fsp3) is 0.167. The number of hydrazone groups is 1. The Hall–Kier alpha value is -2.97. The Morgan fingerprint density at radius 2 is 1.93 bits per heavy atom. The highest BCUT2D eigenvalue weighted by molar-refractivity contribution is 6.37. The van der Waals surface area contributed by atoms with Crippen LogP contribution in [-0.4, -0.2) is 22.6 Å². The van der Waals surface area contributed by atoms with E-state index in [0.29, 0.717) is 16.3 Å². The summed E-state index contributed by atoms with van der Waals surface area (Å²) in [7, 11) is 0. The van der Waals surface area contributed by atoms with Crippen LogP contribution in [0.1, 0.15) is 27.9 Å². The number of carbonyl (C=O) groups excluding carboxylic acids is 2. The van der Waals surface area contributed by atoms with Crippen LogP contribution in [0, 0.1) is 24.0 Å². The van der Waals surface area contributed by atoms with Crippen molar-refractivity contribution in [3.8, 4) is 0 Å². The first-order valence-corrected chi connectivity index (χ1v) is 8.86. The smallest absolute Gasteiger partial charge is 0.270 e. The van der Waals surface area contributed by atoms with E-state index >= 15 is 0 Å². The summed E-state index contributed by atoms with van der Waals surface area (Å²) in [6.07, 6.45) is -0.141. The standard InChI is InChI=1S/C18H14Cl2N4O4/c1-9-10(2)17(14(20)7-13(9)19)23-16(25)8-15(22-23)21-18(26)11-4-3-5-12(6-11)24(27)28/h3-7H,8H2,1-2H3,(H,21,22,26). The number of hydrogen-bond acceptors (Lipinski definition) is 5. The number of nitrogens with zero attached hydrogens (tertiary/aromatic N) is 3. The van der Waals surface area contributed by atoms with Crippen LogP contribution >= 0.6 is 23.2 Å². The Labute approximate surface area is 169 Å². The van der Waals surface area contributed by atoms with E-state index in [1.165, 1.54) is 24.3 Å². The van der Waals surface area contributed by atoms with Gasteiger partial charge in [0.15, 0.2) is 0 Å². The molecule has 1 N–H and O–H groups in total. The van der Waals surface area contributed by atoms with E-state index in [1.54, 1.807) is 13.8 Å². The fourth-order valence-corrected chi connectivity index (χ4v) is 3.36. The van der Waals surface area contributed by atoms with Crippen molar-refractivity contribution >= 4 is 52.2 Å². The molecule has 0 unspecified atom stereocenters. The van der Waals surface area contributed by atoms with Crippen LogP contribution in [0.3, 0.4) is 0 Å². The molecule has 28 heavy (non-hydrogen) atoms. The number of non-ortho nitro benzene ring substituents is 1. The van der Waals surface area contributed by atoms with Gasteiger partial charge in [0.05, 0.1) is 22.1 Å². The molecule has 10 heteroatoms. The van der Waals surface area contributed by atoms with Crippen LogP contribution in [0.15, 0.2) is 35.4 Å². The number of halogens is 2. The lowest BCUT2D eigenvalue weighted by atomic mass is 10.1. The van der Waals surface area contributed by atoms with Crippen molar-refractivity contribution in [2.24, 2.45) is 5.10 Å².